The molecule has 0 atom stereocenters. The number of benzene rings is 2. The first kappa shape index (κ1) is 17.5. The fourth-order valence-corrected chi connectivity index (χ4v) is 2.28. The number of carbonyl (C=O) groups excluding carboxylic acids is 2. The molecule has 124 valence electrons. The Morgan fingerprint density at radius 1 is 0.792 bits per heavy atom. The molecule has 0 N–H and O–H groups in total. The molecule has 0 radical (unpaired) electrons. The van der Waals surface area contributed by atoms with Gasteiger partial charge in [-0.05, 0) is 22.3 Å². The molecular formula is C20H20O4. The Morgan fingerprint density at radius 2 is 1.21 bits per heavy atom. The van der Waals surface area contributed by atoms with Crippen molar-refractivity contribution in [1.82, 2.24) is 0 Å². The van der Waals surface area contributed by atoms with Gasteiger partial charge in [0.25, 0.3) is 0 Å². The van der Waals surface area contributed by atoms with Crippen LogP contribution in [-0.2, 0) is 31.9 Å². The van der Waals surface area contributed by atoms with E-state index in [4.69, 9.17) is 0 Å². The highest BCUT2D eigenvalue weighted by molar-refractivity contribution is 5.75. The summed E-state index contributed by atoms with van der Waals surface area (Å²) in [7, 11) is 2.76. The van der Waals surface area contributed by atoms with Crippen LogP contribution >= 0.6 is 0 Å². The zero-order valence-electron chi connectivity index (χ0n) is 13.8. The number of hydrogen-bond donors (Lipinski definition) is 0. The summed E-state index contributed by atoms with van der Waals surface area (Å²) < 4.78 is 9.37. The van der Waals surface area contributed by atoms with Gasteiger partial charge in [0.2, 0.25) is 0 Å². The van der Waals surface area contributed by atoms with Crippen molar-refractivity contribution in [3.8, 4) is 0 Å². The Hall–Kier alpha value is -2.88. The van der Waals surface area contributed by atoms with Gasteiger partial charge >= 0.3 is 11.9 Å². The van der Waals surface area contributed by atoms with Crippen molar-refractivity contribution in [1.29, 1.82) is 0 Å². The SMILES string of the molecule is COC(=O)Cc1cccc(/C=C/c2cccc(CC(=O)OC)c2)c1. The number of hydrogen-bond acceptors (Lipinski definition) is 4. The second-order valence-corrected chi connectivity index (χ2v) is 5.33. The van der Waals surface area contributed by atoms with Crippen molar-refractivity contribution in [3.05, 3.63) is 70.8 Å². The minimum Gasteiger partial charge on any atom is -0.469 e. The molecule has 4 nitrogen and oxygen atoms in total. The van der Waals surface area contributed by atoms with Gasteiger partial charge in [-0.2, -0.15) is 0 Å². The highest BCUT2D eigenvalue weighted by Gasteiger charge is 2.03. The van der Waals surface area contributed by atoms with E-state index in [0.717, 1.165) is 22.3 Å². The molecule has 0 aliphatic heterocycles. The van der Waals surface area contributed by atoms with Gasteiger partial charge in [-0.1, -0.05) is 60.7 Å². The van der Waals surface area contributed by atoms with E-state index in [1.165, 1.54) is 14.2 Å². The van der Waals surface area contributed by atoms with Crippen molar-refractivity contribution in [2.24, 2.45) is 0 Å². The molecule has 0 saturated heterocycles. The van der Waals surface area contributed by atoms with Crippen LogP contribution in [0, 0.1) is 0 Å². The first-order chi connectivity index (χ1) is 11.6. The average Bonchev–Trinajstić information content (AvgIpc) is 2.60. The summed E-state index contributed by atoms with van der Waals surface area (Å²) in [6, 6.07) is 15.4. The van der Waals surface area contributed by atoms with Gasteiger partial charge < -0.3 is 9.47 Å². The summed E-state index contributed by atoms with van der Waals surface area (Å²) >= 11 is 0. The first-order valence-corrected chi connectivity index (χ1v) is 7.60. The number of esters is 2. The molecular weight excluding hydrogens is 304 g/mol. The summed E-state index contributed by atoms with van der Waals surface area (Å²) in [6.07, 6.45) is 4.45. The van der Waals surface area contributed by atoms with Crippen molar-refractivity contribution >= 4 is 24.1 Å². The molecule has 0 aromatic heterocycles. The summed E-state index contributed by atoms with van der Waals surface area (Å²) in [5, 5.41) is 0. The average molecular weight is 324 g/mol. The van der Waals surface area contributed by atoms with Crippen LogP contribution < -0.4 is 0 Å². The molecule has 2 rings (SSSR count). The number of methoxy groups -OCH3 is 2. The van der Waals surface area contributed by atoms with Gasteiger partial charge in [0.05, 0.1) is 27.1 Å². The topological polar surface area (TPSA) is 52.6 Å². The quantitative estimate of drug-likeness (QED) is 0.604. The van der Waals surface area contributed by atoms with Crippen LogP contribution in [0.2, 0.25) is 0 Å². The maximum atomic E-state index is 11.3. The van der Waals surface area contributed by atoms with Crippen LogP contribution in [0.25, 0.3) is 12.2 Å². The standard InChI is InChI=1S/C20H20O4/c1-23-19(21)13-17-7-3-5-15(11-17)9-10-16-6-4-8-18(12-16)14-20(22)24-2/h3-12H,13-14H2,1-2H3/b10-9+. The Morgan fingerprint density at radius 3 is 1.58 bits per heavy atom. The van der Waals surface area contributed by atoms with E-state index >= 15 is 0 Å². The van der Waals surface area contributed by atoms with E-state index in [-0.39, 0.29) is 24.8 Å². The molecule has 0 aliphatic rings. The van der Waals surface area contributed by atoms with Gasteiger partial charge in [-0.15, -0.1) is 0 Å². The lowest BCUT2D eigenvalue weighted by Crippen LogP contribution is -2.04. The summed E-state index contributed by atoms with van der Waals surface area (Å²) in [5.74, 6) is -0.515. The van der Waals surface area contributed by atoms with Crippen LogP contribution in [0.3, 0.4) is 0 Å². The van der Waals surface area contributed by atoms with Crippen molar-refractivity contribution < 1.29 is 19.1 Å². The second kappa shape index (κ2) is 8.67. The van der Waals surface area contributed by atoms with Crippen molar-refractivity contribution in [2.75, 3.05) is 14.2 Å². The summed E-state index contributed by atoms with van der Waals surface area (Å²) in [4.78, 5) is 22.7. The molecule has 0 fully saturated rings. The van der Waals surface area contributed by atoms with Gasteiger partial charge in [0.15, 0.2) is 0 Å². The van der Waals surface area contributed by atoms with Crippen LogP contribution in [-0.4, -0.2) is 26.2 Å². The zero-order valence-corrected chi connectivity index (χ0v) is 13.8. The lowest BCUT2D eigenvalue weighted by Gasteiger charge is -2.03. The van der Waals surface area contributed by atoms with E-state index in [9.17, 15) is 9.59 Å². The molecule has 0 heterocycles. The molecule has 2 aromatic rings. The fraction of sp³-hybridized carbons (Fsp3) is 0.200. The molecule has 2 aromatic carbocycles. The van der Waals surface area contributed by atoms with Gasteiger partial charge in [0.1, 0.15) is 0 Å². The van der Waals surface area contributed by atoms with E-state index in [1.54, 1.807) is 0 Å². The Balaban J connectivity index is 2.10. The molecule has 0 aliphatic carbocycles. The monoisotopic (exact) mass is 324 g/mol. The third-order valence-electron chi connectivity index (χ3n) is 3.52. The third-order valence-corrected chi connectivity index (χ3v) is 3.52. The van der Waals surface area contributed by atoms with Crippen LogP contribution in [0.4, 0.5) is 0 Å². The molecule has 0 amide bonds. The highest BCUT2D eigenvalue weighted by atomic mass is 16.5. The Labute approximate surface area is 141 Å². The second-order valence-electron chi connectivity index (χ2n) is 5.33. The number of carbonyl (C=O) groups is 2. The molecule has 24 heavy (non-hydrogen) atoms. The highest BCUT2D eigenvalue weighted by Crippen LogP contribution is 2.13. The largest absolute Gasteiger partial charge is 0.469 e. The zero-order chi connectivity index (χ0) is 17.4. The predicted octanol–water partition coefficient (Wildman–Crippen LogP) is 3.29. The van der Waals surface area contributed by atoms with E-state index < -0.39 is 0 Å². The molecule has 0 saturated carbocycles. The summed E-state index contributed by atoms with van der Waals surface area (Å²) in [5.41, 5.74) is 3.80. The number of ether oxygens (including phenoxy) is 2. The maximum absolute atomic E-state index is 11.3. The third kappa shape index (κ3) is 5.39. The normalized spacial score (nSPS) is 10.6. The minimum atomic E-state index is -0.258. The number of rotatable bonds is 6. The van der Waals surface area contributed by atoms with E-state index in [1.807, 2.05) is 60.7 Å². The molecule has 0 spiro atoms. The fourth-order valence-electron chi connectivity index (χ4n) is 2.28. The summed E-state index contributed by atoms with van der Waals surface area (Å²) in [6.45, 7) is 0. The first-order valence-electron chi connectivity index (χ1n) is 7.60. The Kier molecular flexibility index (Phi) is 6.32. The van der Waals surface area contributed by atoms with E-state index in [0.29, 0.717) is 0 Å². The predicted molar refractivity (Wildman–Crippen MR) is 93.3 cm³/mol. The minimum absolute atomic E-state index is 0.257. The van der Waals surface area contributed by atoms with Crippen LogP contribution in [0.1, 0.15) is 22.3 Å². The van der Waals surface area contributed by atoms with Crippen LogP contribution in [0.15, 0.2) is 48.5 Å². The Bertz CT molecular complexity index is 683. The maximum Gasteiger partial charge on any atom is 0.309 e. The lowest BCUT2D eigenvalue weighted by molar-refractivity contribution is -0.140. The van der Waals surface area contributed by atoms with Gasteiger partial charge in [0, 0.05) is 0 Å². The molecule has 0 bridgehead atoms. The van der Waals surface area contributed by atoms with Gasteiger partial charge in [-0.3, -0.25) is 9.59 Å². The van der Waals surface area contributed by atoms with Gasteiger partial charge in [-0.25, -0.2) is 0 Å². The smallest absolute Gasteiger partial charge is 0.309 e. The molecule has 4 heteroatoms. The van der Waals surface area contributed by atoms with Crippen molar-refractivity contribution in [2.45, 2.75) is 12.8 Å². The van der Waals surface area contributed by atoms with E-state index in [2.05, 4.69) is 9.47 Å². The van der Waals surface area contributed by atoms with Crippen molar-refractivity contribution in [3.63, 3.8) is 0 Å². The molecule has 0 unspecified atom stereocenters. The lowest BCUT2D eigenvalue weighted by atomic mass is 10.0. The van der Waals surface area contributed by atoms with Crippen LogP contribution in [0.5, 0.6) is 0 Å².